The Morgan fingerprint density at radius 2 is 2.00 bits per heavy atom. The van der Waals surface area contributed by atoms with E-state index in [1.807, 2.05) is 19.1 Å². The molecule has 0 aliphatic heterocycles. The van der Waals surface area contributed by atoms with E-state index < -0.39 is 11.7 Å². The highest BCUT2D eigenvalue weighted by Crippen LogP contribution is 2.21. The standard InChI is InChI=1S/C18H17BrClFN2O2/c1-11-8-12(19)6-7-16(11)22-17(24)10-23(2)18(25)9-13-14(20)4-3-5-15(13)21/h3-8H,9-10H2,1-2H3,(H,22,24). The summed E-state index contributed by atoms with van der Waals surface area (Å²) in [6, 6.07) is 9.72. The van der Waals surface area contributed by atoms with Gasteiger partial charge in [0.25, 0.3) is 0 Å². The molecular formula is C18H17BrClFN2O2. The molecule has 7 heteroatoms. The Morgan fingerprint density at radius 1 is 1.28 bits per heavy atom. The van der Waals surface area contributed by atoms with Crippen molar-refractivity contribution in [3.63, 3.8) is 0 Å². The molecule has 2 aromatic carbocycles. The summed E-state index contributed by atoms with van der Waals surface area (Å²) in [6.45, 7) is 1.73. The summed E-state index contributed by atoms with van der Waals surface area (Å²) in [7, 11) is 1.49. The number of likely N-dealkylation sites (N-methyl/N-ethyl adjacent to an activating group) is 1. The van der Waals surface area contributed by atoms with Gasteiger partial charge in [-0.3, -0.25) is 9.59 Å². The van der Waals surface area contributed by atoms with Gasteiger partial charge in [-0.15, -0.1) is 0 Å². The average Bonchev–Trinajstić information content (AvgIpc) is 2.53. The van der Waals surface area contributed by atoms with Crippen molar-refractivity contribution >= 4 is 45.0 Å². The van der Waals surface area contributed by atoms with E-state index in [2.05, 4.69) is 21.2 Å². The van der Waals surface area contributed by atoms with Crippen LogP contribution in [0.5, 0.6) is 0 Å². The van der Waals surface area contributed by atoms with Crippen LogP contribution in [0.25, 0.3) is 0 Å². The van der Waals surface area contributed by atoms with Gasteiger partial charge in [0.15, 0.2) is 0 Å². The lowest BCUT2D eigenvalue weighted by atomic mass is 10.1. The van der Waals surface area contributed by atoms with E-state index in [1.54, 1.807) is 6.07 Å². The summed E-state index contributed by atoms with van der Waals surface area (Å²) in [5.74, 6) is -1.26. The van der Waals surface area contributed by atoms with E-state index in [4.69, 9.17) is 11.6 Å². The topological polar surface area (TPSA) is 49.4 Å². The van der Waals surface area contributed by atoms with Crippen LogP contribution in [0.1, 0.15) is 11.1 Å². The Labute approximate surface area is 159 Å². The Balaban J connectivity index is 1.97. The van der Waals surface area contributed by atoms with Crippen LogP contribution in [-0.2, 0) is 16.0 Å². The number of anilines is 1. The maximum absolute atomic E-state index is 13.8. The molecule has 0 bridgehead atoms. The maximum atomic E-state index is 13.8. The molecule has 4 nitrogen and oxygen atoms in total. The number of amides is 2. The first kappa shape index (κ1) is 19.4. The SMILES string of the molecule is Cc1cc(Br)ccc1NC(=O)CN(C)C(=O)Cc1c(F)cccc1Cl. The summed E-state index contributed by atoms with van der Waals surface area (Å²) in [4.78, 5) is 25.6. The molecule has 0 aliphatic carbocycles. The van der Waals surface area contributed by atoms with Crippen LogP contribution >= 0.6 is 27.5 Å². The fourth-order valence-electron chi connectivity index (χ4n) is 2.25. The van der Waals surface area contributed by atoms with Gasteiger partial charge in [0.05, 0.1) is 13.0 Å². The molecule has 1 N–H and O–H groups in total. The molecule has 132 valence electrons. The van der Waals surface area contributed by atoms with Gasteiger partial charge in [0, 0.05) is 27.8 Å². The van der Waals surface area contributed by atoms with Gasteiger partial charge >= 0.3 is 0 Å². The van der Waals surface area contributed by atoms with E-state index >= 15 is 0 Å². The first-order valence-corrected chi connectivity index (χ1v) is 8.68. The zero-order valence-electron chi connectivity index (χ0n) is 13.8. The van der Waals surface area contributed by atoms with Crippen molar-refractivity contribution in [3.8, 4) is 0 Å². The molecule has 0 heterocycles. The second kappa shape index (κ2) is 8.45. The van der Waals surface area contributed by atoms with Crippen LogP contribution in [-0.4, -0.2) is 30.3 Å². The summed E-state index contributed by atoms with van der Waals surface area (Å²) in [6.07, 6.45) is -0.202. The monoisotopic (exact) mass is 426 g/mol. The van der Waals surface area contributed by atoms with Crippen molar-refractivity contribution < 1.29 is 14.0 Å². The van der Waals surface area contributed by atoms with Crippen molar-refractivity contribution in [1.82, 2.24) is 4.90 Å². The molecule has 0 radical (unpaired) electrons. The van der Waals surface area contributed by atoms with Crippen molar-refractivity contribution in [1.29, 1.82) is 0 Å². The molecule has 0 saturated heterocycles. The minimum absolute atomic E-state index is 0.130. The maximum Gasteiger partial charge on any atom is 0.243 e. The van der Waals surface area contributed by atoms with Gasteiger partial charge in [0.2, 0.25) is 11.8 Å². The largest absolute Gasteiger partial charge is 0.336 e. The Bertz CT molecular complexity index is 793. The van der Waals surface area contributed by atoms with Crippen molar-refractivity contribution in [2.24, 2.45) is 0 Å². The second-order valence-corrected chi connectivity index (χ2v) is 6.96. The van der Waals surface area contributed by atoms with E-state index in [1.165, 1.54) is 30.1 Å². The van der Waals surface area contributed by atoms with Gasteiger partial charge in [-0.25, -0.2) is 4.39 Å². The van der Waals surface area contributed by atoms with E-state index in [9.17, 15) is 14.0 Å². The lowest BCUT2D eigenvalue weighted by molar-refractivity contribution is -0.132. The molecule has 0 aliphatic rings. The third-order valence-electron chi connectivity index (χ3n) is 3.66. The number of hydrogen-bond acceptors (Lipinski definition) is 2. The normalized spacial score (nSPS) is 10.4. The lowest BCUT2D eigenvalue weighted by Crippen LogP contribution is -2.36. The Morgan fingerprint density at radius 3 is 2.64 bits per heavy atom. The highest BCUT2D eigenvalue weighted by Gasteiger charge is 2.17. The van der Waals surface area contributed by atoms with Crippen molar-refractivity contribution in [2.45, 2.75) is 13.3 Å². The van der Waals surface area contributed by atoms with Crippen molar-refractivity contribution in [2.75, 3.05) is 18.9 Å². The summed E-state index contributed by atoms with van der Waals surface area (Å²) in [5, 5.41) is 2.95. The number of benzene rings is 2. The van der Waals surface area contributed by atoms with Gasteiger partial charge in [0.1, 0.15) is 5.82 Å². The van der Waals surface area contributed by atoms with Crippen LogP contribution < -0.4 is 5.32 Å². The lowest BCUT2D eigenvalue weighted by Gasteiger charge is -2.18. The molecule has 25 heavy (non-hydrogen) atoms. The van der Waals surface area contributed by atoms with Crippen LogP contribution in [0.2, 0.25) is 5.02 Å². The fourth-order valence-corrected chi connectivity index (χ4v) is 2.95. The summed E-state index contributed by atoms with van der Waals surface area (Å²) < 4.78 is 14.7. The third-order valence-corrected chi connectivity index (χ3v) is 4.51. The van der Waals surface area contributed by atoms with Crippen LogP contribution in [0.15, 0.2) is 40.9 Å². The third kappa shape index (κ3) is 5.28. The Hall–Kier alpha value is -1.92. The number of carbonyl (C=O) groups is 2. The minimum atomic E-state index is -0.538. The zero-order chi connectivity index (χ0) is 18.6. The first-order valence-electron chi connectivity index (χ1n) is 7.50. The summed E-state index contributed by atoms with van der Waals surface area (Å²) in [5.41, 5.74) is 1.70. The smallest absolute Gasteiger partial charge is 0.243 e. The molecule has 2 aromatic rings. The van der Waals surface area contributed by atoms with E-state index in [-0.39, 0.29) is 29.5 Å². The predicted octanol–water partition coefficient (Wildman–Crippen LogP) is 4.19. The van der Waals surface area contributed by atoms with Gasteiger partial charge in [-0.05, 0) is 42.8 Å². The molecular weight excluding hydrogens is 411 g/mol. The van der Waals surface area contributed by atoms with Crippen LogP contribution in [0.3, 0.4) is 0 Å². The van der Waals surface area contributed by atoms with Gasteiger partial charge in [-0.2, -0.15) is 0 Å². The molecule has 0 spiro atoms. The van der Waals surface area contributed by atoms with E-state index in [0.717, 1.165) is 10.0 Å². The van der Waals surface area contributed by atoms with Crippen molar-refractivity contribution in [3.05, 3.63) is 62.8 Å². The number of aryl methyl sites for hydroxylation is 1. The Kier molecular flexibility index (Phi) is 6.56. The predicted molar refractivity (Wildman–Crippen MR) is 100 cm³/mol. The van der Waals surface area contributed by atoms with E-state index in [0.29, 0.717) is 5.69 Å². The van der Waals surface area contributed by atoms with Gasteiger partial charge < -0.3 is 10.2 Å². The highest BCUT2D eigenvalue weighted by molar-refractivity contribution is 9.10. The first-order chi connectivity index (χ1) is 11.8. The average molecular weight is 428 g/mol. The summed E-state index contributed by atoms with van der Waals surface area (Å²) >= 11 is 9.29. The molecule has 0 fully saturated rings. The number of nitrogens with zero attached hydrogens (tertiary/aromatic N) is 1. The minimum Gasteiger partial charge on any atom is -0.336 e. The molecule has 2 amide bonds. The fraction of sp³-hybridized carbons (Fsp3) is 0.222. The van der Waals surface area contributed by atoms with Crippen LogP contribution in [0.4, 0.5) is 10.1 Å². The molecule has 0 saturated carbocycles. The number of rotatable bonds is 5. The molecule has 0 aromatic heterocycles. The zero-order valence-corrected chi connectivity index (χ0v) is 16.1. The second-order valence-electron chi connectivity index (χ2n) is 5.63. The van der Waals surface area contributed by atoms with Crippen LogP contribution in [0, 0.1) is 12.7 Å². The molecule has 0 unspecified atom stereocenters. The quantitative estimate of drug-likeness (QED) is 0.778. The number of nitrogens with one attached hydrogen (secondary N) is 1. The number of halogens is 3. The number of carbonyl (C=O) groups excluding carboxylic acids is 2. The number of hydrogen-bond donors (Lipinski definition) is 1. The molecule has 0 atom stereocenters. The molecule has 2 rings (SSSR count). The highest BCUT2D eigenvalue weighted by atomic mass is 79.9. The van der Waals surface area contributed by atoms with Gasteiger partial charge in [-0.1, -0.05) is 33.6 Å².